The molecule has 1 heterocycles. The predicted octanol–water partition coefficient (Wildman–Crippen LogP) is 0.802. The van der Waals surface area contributed by atoms with Crippen LogP contribution in [0.4, 0.5) is 0 Å². The van der Waals surface area contributed by atoms with Gasteiger partial charge in [-0.2, -0.15) is 5.26 Å². The van der Waals surface area contributed by atoms with Crippen LogP contribution in [0, 0.1) is 11.3 Å². The first kappa shape index (κ1) is 11.1. The molecule has 0 aliphatic heterocycles. The summed E-state index contributed by atoms with van der Waals surface area (Å²) >= 11 is 0.913. The van der Waals surface area contributed by atoms with Crippen LogP contribution in [-0.4, -0.2) is 27.0 Å². The van der Waals surface area contributed by atoms with Gasteiger partial charge in [0.1, 0.15) is 15.2 Å². The van der Waals surface area contributed by atoms with Crippen molar-refractivity contribution in [2.75, 3.05) is 14.2 Å². The first-order valence-corrected chi connectivity index (χ1v) is 5.81. The lowest BCUT2D eigenvalue weighted by molar-refractivity contribution is -0.0256. The third kappa shape index (κ3) is 1.93. The lowest BCUT2D eigenvalue weighted by Gasteiger charge is -2.11. The molecule has 0 unspecified atom stereocenters. The van der Waals surface area contributed by atoms with Crippen molar-refractivity contribution in [3.05, 3.63) is 17.0 Å². The van der Waals surface area contributed by atoms with Gasteiger partial charge in [-0.3, -0.25) is 4.84 Å². The van der Waals surface area contributed by atoms with Crippen LogP contribution >= 0.6 is 11.3 Å². The molecule has 0 amide bonds. The summed E-state index contributed by atoms with van der Waals surface area (Å²) in [6.07, 6.45) is 0. The molecule has 7 heteroatoms. The molecule has 0 N–H and O–H groups in total. The van der Waals surface area contributed by atoms with Crippen LogP contribution in [0.15, 0.2) is 16.3 Å². The Morgan fingerprint density at radius 3 is 2.64 bits per heavy atom. The summed E-state index contributed by atoms with van der Waals surface area (Å²) in [4.78, 5) is 4.94. The molecule has 0 saturated heterocycles. The van der Waals surface area contributed by atoms with Crippen LogP contribution in [0.25, 0.3) is 0 Å². The highest BCUT2D eigenvalue weighted by Crippen LogP contribution is 2.23. The molecule has 1 rings (SSSR count). The number of hydrogen-bond donors (Lipinski definition) is 0. The zero-order chi connectivity index (χ0) is 10.8. The van der Waals surface area contributed by atoms with E-state index in [9.17, 15) is 8.42 Å². The molecule has 0 saturated carbocycles. The average Bonchev–Trinajstić information content (AvgIpc) is 2.65. The maximum Gasteiger partial charge on any atom is 0.274 e. The minimum atomic E-state index is -3.60. The van der Waals surface area contributed by atoms with Crippen LogP contribution in [0.5, 0.6) is 0 Å². The molecule has 0 aliphatic carbocycles. The van der Waals surface area contributed by atoms with Gasteiger partial charge in [0.25, 0.3) is 10.0 Å². The molecule has 5 nitrogen and oxygen atoms in total. The topological polar surface area (TPSA) is 70.4 Å². The maximum atomic E-state index is 11.6. The monoisotopic (exact) mass is 232 g/mol. The highest BCUT2D eigenvalue weighted by atomic mass is 32.2. The van der Waals surface area contributed by atoms with Gasteiger partial charge in [-0.05, 0) is 12.1 Å². The van der Waals surface area contributed by atoms with E-state index in [4.69, 9.17) is 5.26 Å². The van der Waals surface area contributed by atoms with Crippen molar-refractivity contribution < 1.29 is 13.3 Å². The van der Waals surface area contributed by atoms with Crippen molar-refractivity contribution in [2.45, 2.75) is 4.21 Å². The third-order valence-electron chi connectivity index (χ3n) is 1.54. The first-order chi connectivity index (χ1) is 6.52. The van der Waals surface area contributed by atoms with Gasteiger partial charge in [0.15, 0.2) is 0 Å². The molecular formula is C7H8N2O3S2. The second-order valence-electron chi connectivity index (χ2n) is 2.33. The molecule has 0 aromatic carbocycles. The Labute approximate surface area is 86.1 Å². The lowest BCUT2D eigenvalue weighted by atomic mass is 10.5. The predicted molar refractivity (Wildman–Crippen MR) is 51.0 cm³/mol. The van der Waals surface area contributed by atoms with Gasteiger partial charge in [0, 0.05) is 7.05 Å². The zero-order valence-electron chi connectivity index (χ0n) is 7.59. The molecule has 1 aromatic rings. The van der Waals surface area contributed by atoms with Crippen molar-refractivity contribution in [2.24, 2.45) is 0 Å². The number of hydroxylamine groups is 1. The molecule has 1 aromatic heterocycles. The van der Waals surface area contributed by atoms with Crippen molar-refractivity contribution in [1.82, 2.24) is 4.47 Å². The van der Waals surface area contributed by atoms with E-state index in [1.807, 2.05) is 6.07 Å². The maximum absolute atomic E-state index is 11.6. The summed E-state index contributed by atoms with van der Waals surface area (Å²) in [6.45, 7) is 0. The third-order valence-corrected chi connectivity index (χ3v) is 4.68. The molecule has 14 heavy (non-hydrogen) atoms. The molecule has 0 radical (unpaired) electrons. The normalized spacial score (nSPS) is 11.6. The SMILES string of the molecule is CON(C)S(=O)(=O)c1ccc(C#N)s1. The van der Waals surface area contributed by atoms with Gasteiger partial charge in [0.05, 0.1) is 7.11 Å². The van der Waals surface area contributed by atoms with E-state index in [0.717, 1.165) is 15.8 Å². The van der Waals surface area contributed by atoms with E-state index in [1.54, 1.807) is 0 Å². The smallest absolute Gasteiger partial charge is 0.274 e. The standard InChI is InChI=1S/C7H8N2O3S2/c1-9(12-2)14(10,11)7-4-3-6(5-8)13-7/h3-4H,1-2H3. The van der Waals surface area contributed by atoms with E-state index in [0.29, 0.717) is 4.88 Å². The van der Waals surface area contributed by atoms with E-state index in [-0.39, 0.29) is 4.21 Å². The highest BCUT2D eigenvalue weighted by Gasteiger charge is 2.22. The van der Waals surface area contributed by atoms with Gasteiger partial charge in [0.2, 0.25) is 0 Å². The van der Waals surface area contributed by atoms with E-state index >= 15 is 0 Å². The molecule has 0 spiro atoms. The van der Waals surface area contributed by atoms with Crippen LogP contribution in [0.2, 0.25) is 0 Å². The number of rotatable bonds is 3. The number of sulfonamides is 1. The van der Waals surface area contributed by atoms with Gasteiger partial charge in [-0.15, -0.1) is 11.3 Å². The number of thiophene rings is 1. The second-order valence-corrected chi connectivity index (χ2v) is 5.57. The Morgan fingerprint density at radius 1 is 1.57 bits per heavy atom. The van der Waals surface area contributed by atoms with E-state index in [2.05, 4.69) is 4.84 Å². The lowest BCUT2D eigenvalue weighted by Crippen LogP contribution is -2.24. The van der Waals surface area contributed by atoms with Crippen molar-refractivity contribution in [3.63, 3.8) is 0 Å². The van der Waals surface area contributed by atoms with Gasteiger partial charge in [-0.1, -0.05) is 4.47 Å². The largest absolute Gasteiger partial charge is 0.288 e. The van der Waals surface area contributed by atoms with Crippen LogP contribution < -0.4 is 0 Å². The van der Waals surface area contributed by atoms with Crippen molar-refractivity contribution >= 4 is 21.4 Å². The minimum absolute atomic E-state index is 0.0957. The summed E-state index contributed by atoms with van der Waals surface area (Å²) < 4.78 is 24.0. The summed E-state index contributed by atoms with van der Waals surface area (Å²) in [6, 6.07) is 4.71. The Hall–Kier alpha value is -0.940. The molecular weight excluding hydrogens is 224 g/mol. The summed E-state index contributed by atoms with van der Waals surface area (Å²) in [5.74, 6) is 0. The first-order valence-electron chi connectivity index (χ1n) is 3.55. The number of nitrogens with zero attached hydrogens (tertiary/aromatic N) is 2. The fourth-order valence-electron chi connectivity index (χ4n) is 0.744. The highest BCUT2D eigenvalue weighted by molar-refractivity contribution is 7.91. The van der Waals surface area contributed by atoms with E-state index < -0.39 is 10.0 Å². The number of nitriles is 1. The fourth-order valence-corrected chi connectivity index (χ4v) is 2.97. The van der Waals surface area contributed by atoms with Crippen LogP contribution in [0.1, 0.15) is 4.88 Å². The molecule has 0 bridgehead atoms. The molecule has 0 aliphatic rings. The summed E-state index contributed by atoms with van der Waals surface area (Å²) in [5, 5.41) is 8.53. The van der Waals surface area contributed by atoms with Crippen molar-refractivity contribution in [3.8, 4) is 6.07 Å². The second kappa shape index (κ2) is 4.06. The van der Waals surface area contributed by atoms with Gasteiger partial charge in [-0.25, -0.2) is 8.42 Å². The van der Waals surface area contributed by atoms with Crippen LogP contribution in [0.3, 0.4) is 0 Å². The summed E-state index contributed by atoms with van der Waals surface area (Å²) in [5.41, 5.74) is 0. The quantitative estimate of drug-likeness (QED) is 0.723. The van der Waals surface area contributed by atoms with Crippen molar-refractivity contribution in [1.29, 1.82) is 5.26 Å². The molecule has 76 valence electrons. The Balaban J connectivity index is 3.12. The fraction of sp³-hybridized carbons (Fsp3) is 0.286. The molecule has 0 fully saturated rings. The molecule has 0 atom stereocenters. The Bertz CT molecular complexity index is 458. The number of hydrogen-bond acceptors (Lipinski definition) is 5. The minimum Gasteiger partial charge on any atom is -0.288 e. The van der Waals surface area contributed by atoms with E-state index in [1.165, 1.54) is 26.3 Å². The van der Waals surface area contributed by atoms with Gasteiger partial charge >= 0.3 is 0 Å². The Kier molecular flexibility index (Phi) is 3.23. The van der Waals surface area contributed by atoms with Crippen LogP contribution in [-0.2, 0) is 14.9 Å². The summed E-state index contributed by atoms with van der Waals surface area (Å²) in [7, 11) is -1.05. The Morgan fingerprint density at radius 2 is 2.21 bits per heavy atom. The van der Waals surface area contributed by atoms with Gasteiger partial charge < -0.3 is 0 Å². The zero-order valence-corrected chi connectivity index (χ0v) is 9.22. The average molecular weight is 232 g/mol.